The van der Waals surface area contributed by atoms with E-state index in [9.17, 15) is 5.11 Å². The highest BCUT2D eigenvalue weighted by atomic mass is 32.1. The van der Waals surface area contributed by atoms with Gasteiger partial charge in [0.2, 0.25) is 5.79 Å². The molecular formula is C14H15NO3S. The highest BCUT2D eigenvalue weighted by molar-refractivity contribution is 7.11. The van der Waals surface area contributed by atoms with Gasteiger partial charge in [-0.1, -0.05) is 30.3 Å². The van der Waals surface area contributed by atoms with E-state index < -0.39 is 11.9 Å². The summed E-state index contributed by atoms with van der Waals surface area (Å²) in [6.45, 7) is 3.01. The van der Waals surface area contributed by atoms with Crippen LogP contribution in [-0.2, 0) is 15.3 Å². The van der Waals surface area contributed by atoms with E-state index in [1.165, 1.54) is 11.3 Å². The fourth-order valence-electron chi connectivity index (χ4n) is 2.06. The van der Waals surface area contributed by atoms with E-state index in [1.807, 2.05) is 37.3 Å². The second-order valence-electron chi connectivity index (χ2n) is 4.52. The number of benzene rings is 1. The lowest BCUT2D eigenvalue weighted by atomic mass is 10.1. The highest BCUT2D eigenvalue weighted by Gasteiger charge is 2.36. The Bertz CT molecular complexity index is 549. The molecule has 1 aliphatic heterocycles. The van der Waals surface area contributed by atoms with Crippen molar-refractivity contribution in [3.05, 3.63) is 52.0 Å². The van der Waals surface area contributed by atoms with Crippen molar-refractivity contribution >= 4 is 11.3 Å². The number of hydrogen-bond acceptors (Lipinski definition) is 5. The molecule has 0 radical (unpaired) electrons. The third kappa shape index (κ3) is 2.42. The van der Waals surface area contributed by atoms with Crippen molar-refractivity contribution in [2.24, 2.45) is 0 Å². The zero-order valence-corrected chi connectivity index (χ0v) is 11.4. The maximum absolute atomic E-state index is 10.3. The minimum Gasteiger partial charge on any atom is -0.383 e. The molecule has 0 aliphatic carbocycles. The van der Waals surface area contributed by atoms with Crippen LogP contribution >= 0.6 is 11.3 Å². The van der Waals surface area contributed by atoms with Crippen LogP contribution in [0.5, 0.6) is 0 Å². The number of aliphatic hydroxyl groups is 1. The van der Waals surface area contributed by atoms with Gasteiger partial charge >= 0.3 is 0 Å². The molecule has 19 heavy (non-hydrogen) atoms. The van der Waals surface area contributed by atoms with Crippen molar-refractivity contribution in [3.63, 3.8) is 0 Å². The Kier molecular flexibility index (Phi) is 3.36. The standard InChI is InChI=1S/C14H15NO3S/c1-14(17-7-8-18-14)13-15-9-11(19-13)12(16)10-5-3-2-4-6-10/h2-6,9,12,16H,7-8H2,1H3/t12-/m1/s1. The number of aliphatic hydroxyl groups excluding tert-OH is 1. The first-order valence-electron chi connectivity index (χ1n) is 6.16. The average Bonchev–Trinajstić information content (AvgIpc) is 3.08. The molecule has 2 aromatic rings. The number of nitrogens with zero attached hydrogens (tertiary/aromatic N) is 1. The molecule has 1 aromatic heterocycles. The molecular weight excluding hydrogens is 262 g/mol. The Labute approximate surface area is 115 Å². The van der Waals surface area contributed by atoms with Gasteiger partial charge in [-0.25, -0.2) is 4.98 Å². The SMILES string of the molecule is CC1(c2ncc([C@H](O)c3ccccc3)s2)OCCO1. The van der Waals surface area contributed by atoms with Crippen LogP contribution in [-0.4, -0.2) is 23.3 Å². The molecule has 0 spiro atoms. The van der Waals surface area contributed by atoms with Gasteiger partial charge < -0.3 is 14.6 Å². The molecule has 0 saturated carbocycles. The maximum Gasteiger partial charge on any atom is 0.219 e. The number of hydrogen-bond donors (Lipinski definition) is 1. The molecule has 1 aliphatic rings. The van der Waals surface area contributed by atoms with Crippen molar-refractivity contribution in [1.29, 1.82) is 0 Å². The Morgan fingerprint density at radius 3 is 2.63 bits per heavy atom. The number of aromatic nitrogens is 1. The van der Waals surface area contributed by atoms with Gasteiger partial charge in [0.25, 0.3) is 0 Å². The van der Waals surface area contributed by atoms with E-state index >= 15 is 0 Å². The summed E-state index contributed by atoms with van der Waals surface area (Å²) in [5.74, 6) is -0.765. The lowest BCUT2D eigenvalue weighted by molar-refractivity contribution is -0.149. The van der Waals surface area contributed by atoms with Crippen molar-refractivity contribution < 1.29 is 14.6 Å². The molecule has 0 amide bonds. The monoisotopic (exact) mass is 277 g/mol. The van der Waals surface area contributed by atoms with E-state index in [2.05, 4.69) is 4.98 Å². The molecule has 1 N–H and O–H groups in total. The number of thiazole rings is 1. The number of rotatable bonds is 3. The van der Waals surface area contributed by atoms with E-state index in [1.54, 1.807) is 6.20 Å². The number of ether oxygens (including phenoxy) is 2. The van der Waals surface area contributed by atoms with Crippen LogP contribution in [0.2, 0.25) is 0 Å². The molecule has 1 aromatic carbocycles. The quantitative estimate of drug-likeness (QED) is 0.936. The fraction of sp³-hybridized carbons (Fsp3) is 0.357. The Morgan fingerprint density at radius 1 is 1.26 bits per heavy atom. The van der Waals surface area contributed by atoms with Crippen LogP contribution in [0.1, 0.15) is 28.5 Å². The fourth-order valence-corrected chi connectivity index (χ4v) is 3.05. The van der Waals surface area contributed by atoms with Gasteiger partial charge in [0, 0.05) is 6.20 Å². The van der Waals surface area contributed by atoms with Gasteiger partial charge in [-0.3, -0.25) is 0 Å². The summed E-state index contributed by atoms with van der Waals surface area (Å²) < 4.78 is 11.1. The molecule has 1 atom stereocenters. The van der Waals surface area contributed by atoms with E-state index in [-0.39, 0.29) is 0 Å². The molecule has 3 rings (SSSR count). The Hall–Kier alpha value is -1.27. The first-order valence-corrected chi connectivity index (χ1v) is 6.98. The Morgan fingerprint density at radius 2 is 1.95 bits per heavy atom. The van der Waals surface area contributed by atoms with Gasteiger partial charge in [-0.15, -0.1) is 11.3 Å². The lowest BCUT2D eigenvalue weighted by Gasteiger charge is -2.18. The normalized spacial score (nSPS) is 19.5. The summed E-state index contributed by atoms with van der Waals surface area (Å²) >= 11 is 1.42. The zero-order valence-electron chi connectivity index (χ0n) is 10.6. The largest absolute Gasteiger partial charge is 0.383 e. The van der Waals surface area contributed by atoms with E-state index in [0.29, 0.717) is 13.2 Å². The van der Waals surface area contributed by atoms with Crippen LogP contribution in [0.3, 0.4) is 0 Å². The third-order valence-electron chi connectivity index (χ3n) is 3.14. The lowest BCUT2D eigenvalue weighted by Crippen LogP contribution is -2.21. The third-order valence-corrected chi connectivity index (χ3v) is 4.37. The second-order valence-corrected chi connectivity index (χ2v) is 5.59. The van der Waals surface area contributed by atoms with Crippen molar-refractivity contribution in [1.82, 2.24) is 4.98 Å². The van der Waals surface area contributed by atoms with Crippen LogP contribution in [0.4, 0.5) is 0 Å². The topological polar surface area (TPSA) is 51.6 Å². The summed E-state index contributed by atoms with van der Waals surface area (Å²) in [6.07, 6.45) is 1.03. The minimum absolute atomic E-state index is 0.576. The van der Waals surface area contributed by atoms with Crippen molar-refractivity contribution in [2.45, 2.75) is 18.8 Å². The molecule has 2 heterocycles. The zero-order chi connectivity index (χ0) is 13.3. The van der Waals surface area contributed by atoms with Gasteiger partial charge in [0.05, 0.1) is 18.1 Å². The van der Waals surface area contributed by atoms with Crippen LogP contribution in [0.15, 0.2) is 36.5 Å². The van der Waals surface area contributed by atoms with Gasteiger partial charge in [0.15, 0.2) is 5.01 Å². The van der Waals surface area contributed by atoms with E-state index in [4.69, 9.17) is 9.47 Å². The molecule has 1 saturated heterocycles. The smallest absolute Gasteiger partial charge is 0.219 e. The predicted octanol–water partition coefficient (Wildman–Crippen LogP) is 2.44. The summed E-state index contributed by atoms with van der Waals surface area (Å²) in [5.41, 5.74) is 0.858. The highest BCUT2D eigenvalue weighted by Crippen LogP contribution is 2.36. The summed E-state index contributed by atoms with van der Waals surface area (Å²) in [5, 5.41) is 11.1. The van der Waals surface area contributed by atoms with Gasteiger partial charge in [-0.2, -0.15) is 0 Å². The second kappa shape index (κ2) is 5.02. The summed E-state index contributed by atoms with van der Waals surface area (Å²) in [4.78, 5) is 5.12. The van der Waals surface area contributed by atoms with Gasteiger partial charge in [0.1, 0.15) is 6.10 Å². The first kappa shape index (κ1) is 12.7. The summed E-state index contributed by atoms with van der Waals surface area (Å²) in [6, 6.07) is 9.54. The Balaban J connectivity index is 1.85. The van der Waals surface area contributed by atoms with Crippen LogP contribution in [0, 0.1) is 0 Å². The maximum atomic E-state index is 10.3. The van der Waals surface area contributed by atoms with E-state index in [0.717, 1.165) is 15.4 Å². The van der Waals surface area contributed by atoms with Crippen molar-refractivity contribution in [2.75, 3.05) is 13.2 Å². The molecule has 0 bridgehead atoms. The molecule has 100 valence electrons. The predicted molar refractivity (Wildman–Crippen MR) is 71.9 cm³/mol. The van der Waals surface area contributed by atoms with Crippen molar-refractivity contribution in [3.8, 4) is 0 Å². The first-order chi connectivity index (χ1) is 9.19. The molecule has 0 unspecified atom stereocenters. The molecule has 4 nitrogen and oxygen atoms in total. The van der Waals surface area contributed by atoms with Crippen LogP contribution < -0.4 is 0 Å². The molecule has 5 heteroatoms. The average molecular weight is 277 g/mol. The van der Waals surface area contributed by atoms with Gasteiger partial charge in [-0.05, 0) is 12.5 Å². The molecule has 1 fully saturated rings. The summed E-state index contributed by atoms with van der Waals surface area (Å²) in [7, 11) is 0. The minimum atomic E-state index is -0.765. The van der Waals surface area contributed by atoms with Crippen LogP contribution in [0.25, 0.3) is 0 Å².